The summed E-state index contributed by atoms with van der Waals surface area (Å²) < 4.78 is 38.3. The van der Waals surface area contributed by atoms with Crippen LogP contribution in [0.5, 0.6) is 0 Å². The molecule has 1 heterocycles. The van der Waals surface area contributed by atoms with Gasteiger partial charge in [0.05, 0.1) is 10.5 Å². The zero-order chi connectivity index (χ0) is 22.6. The second-order valence-corrected chi connectivity index (χ2v) is 7.45. The average molecular weight is 457 g/mol. The summed E-state index contributed by atoms with van der Waals surface area (Å²) in [5.41, 5.74) is -0.858. The first kappa shape index (κ1) is 22.7. The van der Waals surface area contributed by atoms with Crippen LogP contribution in [-0.4, -0.2) is 48.5 Å². The number of piperazine rings is 1. The summed E-state index contributed by atoms with van der Waals surface area (Å²) in [6.07, 6.45) is -4.61. The number of nitrogens with zero attached hydrogens (tertiary/aromatic N) is 3. The molecule has 3 rings (SSSR count). The largest absolute Gasteiger partial charge is 0.416 e. The van der Waals surface area contributed by atoms with E-state index in [0.717, 1.165) is 17.8 Å². The lowest BCUT2D eigenvalue weighted by Crippen LogP contribution is -2.49. The number of alkyl halides is 3. The Kier molecular flexibility index (Phi) is 6.89. The summed E-state index contributed by atoms with van der Waals surface area (Å²) in [4.78, 5) is 26.5. The van der Waals surface area contributed by atoms with Gasteiger partial charge in [-0.3, -0.25) is 14.9 Å². The highest BCUT2D eigenvalue weighted by Gasteiger charge is 2.33. The Morgan fingerprint density at radius 2 is 1.84 bits per heavy atom. The summed E-state index contributed by atoms with van der Waals surface area (Å²) >= 11 is 6.02. The minimum Gasteiger partial charge on any atom is -0.379 e. The number of nitro groups is 1. The fourth-order valence-corrected chi connectivity index (χ4v) is 3.54. The summed E-state index contributed by atoms with van der Waals surface area (Å²) in [5.74, 6) is -0.132. The van der Waals surface area contributed by atoms with Crippen LogP contribution < -0.4 is 10.2 Å². The smallest absolute Gasteiger partial charge is 0.379 e. The number of hydrogen-bond donors (Lipinski definition) is 1. The quantitative estimate of drug-likeness (QED) is 0.514. The van der Waals surface area contributed by atoms with Gasteiger partial charge >= 0.3 is 6.18 Å². The second-order valence-electron chi connectivity index (χ2n) is 7.01. The topological polar surface area (TPSA) is 78.7 Å². The van der Waals surface area contributed by atoms with E-state index < -0.39 is 22.4 Å². The SMILES string of the molecule is O=C(CCNc1ccc(C(F)(F)F)cc1[N+](=O)[O-])N1CCN(c2cccc(Cl)c2)CC1. The van der Waals surface area contributed by atoms with Gasteiger partial charge < -0.3 is 15.1 Å². The monoisotopic (exact) mass is 456 g/mol. The van der Waals surface area contributed by atoms with Gasteiger partial charge in [0.1, 0.15) is 5.69 Å². The zero-order valence-electron chi connectivity index (χ0n) is 16.4. The van der Waals surface area contributed by atoms with Crippen LogP contribution in [0.2, 0.25) is 5.02 Å². The highest BCUT2D eigenvalue weighted by atomic mass is 35.5. The third kappa shape index (κ3) is 5.78. The number of benzene rings is 2. The van der Waals surface area contributed by atoms with Gasteiger partial charge in [0.15, 0.2) is 0 Å². The van der Waals surface area contributed by atoms with Crippen molar-refractivity contribution in [1.82, 2.24) is 4.90 Å². The molecule has 1 N–H and O–H groups in total. The van der Waals surface area contributed by atoms with Crippen molar-refractivity contribution in [2.45, 2.75) is 12.6 Å². The van der Waals surface area contributed by atoms with E-state index in [1.54, 1.807) is 11.0 Å². The molecule has 0 aromatic heterocycles. The molecule has 0 atom stereocenters. The van der Waals surface area contributed by atoms with Gasteiger partial charge in [0.25, 0.3) is 5.69 Å². The van der Waals surface area contributed by atoms with Crippen LogP contribution in [0.3, 0.4) is 0 Å². The molecule has 1 fully saturated rings. The number of rotatable bonds is 6. The molecule has 1 aliphatic heterocycles. The predicted octanol–water partition coefficient (Wildman–Crippen LogP) is 4.42. The Balaban J connectivity index is 1.52. The average Bonchev–Trinajstić information content (AvgIpc) is 2.73. The third-order valence-corrected chi connectivity index (χ3v) is 5.22. The predicted molar refractivity (Wildman–Crippen MR) is 111 cm³/mol. The van der Waals surface area contributed by atoms with Crippen LogP contribution in [0.25, 0.3) is 0 Å². The summed E-state index contributed by atoms with van der Waals surface area (Å²) in [6.45, 7) is 2.39. The van der Waals surface area contributed by atoms with E-state index in [4.69, 9.17) is 11.6 Å². The second kappa shape index (κ2) is 9.42. The molecule has 0 radical (unpaired) electrons. The number of anilines is 2. The molecule has 1 saturated heterocycles. The number of nitro benzene ring substituents is 1. The molecule has 0 unspecified atom stereocenters. The number of amides is 1. The highest BCUT2D eigenvalue weighted by molar-refractivity contribution is 6.30. The van der Waals surface area contributed by atoms with E-state index >= 15 is 0 Å². The Bertz CT molecular complexity index is 963. The molecule has 7 nitrogen and oxygen atoms in total. The minimum atomic E-state index is -4.67. The molecule has 166 valence electrons. The van der Waals surface area contributed by atoms with Crippen molar-refractivity contribution in [3.05, 3.63) is 63.2 Å². The molecule has 0 saturated carbocycles. The van der Waals surface area contributed by atoms with Crippen molar-refractivity contribution in [2.24, 2.45) is 0 Å². The number of carbonyl (C=O) groups is 1. The van der Waals surface area contributed by atoms with Crippen molar-refractivity contribution >= 4 is 34.6 Å². The highest BCUT2D eigenvalue weighted by Crippen LogP contribution is 2.35. The van der Waals surface area contributed by atoms with Crippen LogP contribution in [0, 0.1) is 10.1 Å². The normalized spacial score (nSPS) is 14.5. The first-order valence-corrected chi connectivity index (χ1v) is 9.91. The zero-order valence-corrected chi connectivity index (χ0v) is 17.1. The lowest BCUT2D eigenvalue weighted by molar-refractivity contribution is -0.384. The number of nitrogens with one attached hydrogen (secondary N) is 1. The lowest BCUT2D eigenvalue weighted by atomic mass is 10.1. The van der Waals surface area contributed by atoms with Gasteiger partial charge in [-0.15, -0.1) is 0 Å². The van der Waals surface area contributed by atoms with Crippen molar-refractivity contribution in [3.8, 4) is 0 Å². The van der Waals surface area contributed by atoms with Crippen LogP contribution >= 0.6 is 11.6 Å². The van der Waals surface area contributed by atoms with E-state index in [-0.39, 0.29) is 24.6 Å². The first-order chi connectivity index (χ1) is 14.6. The van der Waals surface area contributed by atoms with Crippen molar-refractivity contribution in [3.63, 3.8) is 0 Å². The van der Waals surface area contributed by atoms with E-state index in [9.17, 15) is 28.1 Å². The van der Waals surface area contributed by atoms with Crippen LogP contribution in [0.1, 0.15) is 12.0 Å². The van der Waals surface area contributed by atoms with Gasteiger partial charge in [-0.25, -0.2) is 0 Å². The molecule has 2 aromatic rings. The Morgan fingerprint density at radius 1 is 1.13 bits per heavy atom. The molecule has 1 aliphatic rings. The maximum absolute atomic E-state index is 12.8. The van der Waals surface area contributed by atoms with Gasteiger partial charge in [-0.2, -0.15) is 13.2 Å². The molecule has 0 spiro atoms. The standard InChI is InChI=1S/C20H20ClF3N4O3/c21-15-2-1-3-16(13-15)26-8-10-27(11-9-26)19(29)6-7-25-17-5-4-14(20(22,23)24)12-18(17)28(30)31/h1-5,12-13,25H,6-11H2. The molecule has 31 heavy (non-hydrogen) atoms. The van der Waals surface area contributed by atoms with Crippen molar-refractivity contribution in [2.75, 3.05) is 42.9 Å². The lowest BCUT2D eigenvalue weighted by Gasteiger charge is -2.36. The first-order valence-electron chi connectivity index (χ1n) is 9.53. The third-order valence-electron chi connectivity index (χ3n) is 4.98. The van der Waals surface area contributed by atoms with E-state index in [1.807, 2.05) is 18.2 Å². The van der Waals surface area contributed by atoms with Crippen molar-refractivity contribution in [1.29, 1.82) is 0 Å². The molecular weight excluding hydrogens is 437 g/mol. The number of carbonyl (C=O) groups excluding carboxylic acids is 1. The molecule has 0 aliphatic carbocycles. The van der Waals surface area contributed by atoms with Gasteiger partial charge in [0, 0.05) is 55.9 Å². The fraction of sp³-hybridized carbons (Fsp3) is 0.350. The van der Waals surface area contributed by atoms with Crippen molar-refractivity contribution < 1.29 is 22.9 Å². The molecule has 2 aromatic carbocycles. The molecule has 1 amide bonds. The van der Waals surface area contributed by atoms with Gasteiger partial charge in [-0.1, -0.05) is 17.7 Å². The summed E-state index contributed by atoms with van der Waals surface area (Å²) in [6, 6.07) is 9.73. The Labute approximate surface area is 181 Å². The maximum atomic E-state index is 12.8. The molecular formula is C20H20ClF3N4O3. The summed E-state index contributed by atoms with van der Waals surface area (Å²) in [7, 11) is 0. The van der Waals surface area contributed by atoms with Crippen LogP contribution in [-0.2, 0) is 11.0 Å². The Hall–Kier alpha value is -3.01. The van der Waals surface area contributed by atoms with E-state index in [0.29, 0.717) is 37.3 Å². The van der Waals surface area contributed by atoms with Gasteiger partial charge in [0.2, 0.25) is 5.91 Å². The van der Waals surface area contributed by atoms with E-state index in [1.165, 1.54) is 0 Å². The van der Waals surface area contributed by atoms with Gasteiger partial charge in [-0.05, 0) is 30.3 Å². The fourth-order valence-electron chi connectivity index (χ4n) is 3.36. The van der Waals surface area contributed by atoms with E-state index in [2.05, 4.69) is 10.2 Å². The van der Waals surface area contributed by atoms with Crippen LogP contribution in [0.15, 0.2) is 42.5 Å². The maximum Gasteiger partial charge on any atom is 0.416 e. The molecule has 11 heteroatoms. The number of hydrogen-bond acceptors (Lipinski definition) is 5. The molecule has 0 bridgehead atoms. The number of halogens is 4. The van der Waals surface area contributed by atoms with Crippen LogP contribution in [0.4, 0.5) is 30.2 Å². The summed E-state index contributed by atoms with van der Waals surface area (Å²) in [5, 5.41) is 14.5. The minimum absolute atomic E-state index is 0.0587. The Morgan fingerprint density at radius 3 is 2.45 bits per heavy atom.